The van der Waals surface area contributed by atoms with E-state index in [-0.39, 0.29) is 6.03 Å². The molecule has 1 fully saturated rings. The van der Waals surface area contributed by atoms with Gasteiger partial charge in [-0.1, -0.05) is 18.5 Å². The number of carboxylic acids is 1. The van der Waals surface area contributed by atoms with Gasteiger partial charge in [0.15, 0.2) is 5.82 Å². The molecular formula is C13H20N4O4. The van der Waals surface area contributed by atoms with Crippen LogP contribution < -0.4 is 5.32 Å². The van der Waals surface area contributed by atoms with Crippen molar-refractivity contribution in [1.82, 2.24) is 20.4 Å². The number of aliphatic carboxylic acids is 1. The molecule has 8 nitrogen and oxygen atoms in total. The predicted molar refractivity (Wildman–Crippen MR) is 72.5 cm³/mol. The Balaban J connectivity index is 1.86. The van der Waals surface area contributed by atoms with E-state index in [0.717, 1.165) is 12.8 Å². The lowest BCUT2D eigenvalue weighted by molar-refractivity contribution is -0.144. The molecule has 1 saturated heterocycles. The molecule has 1 aromatic heterocycles. The van der Waals surface area contributed by atoms with Gasteiger partial charge in [0.25, 0.3) is 0 Å². The number of carbonyl (C=O) groups is 2. The minimum absolute atomic E-state index is 0.346. The van der Waals surface area contributed by atoms with Crippen molar-refractivity contribution in [3.05, 3.63) is 12.2 Å². The second kappa shape index (κ2) is 7.05. The smallest absolute Gasteiger partial charge is 0.326 e. The highest BCUT2D eigenvalue weighted by molar-refractivity contribution is 5.82. The van der Waals surface area contributed by atoms with Crippen molar-refractivity contribution >= 4 is 12.0 Å². The Hall–Kier alpha value is -2.12. The predicted octanol–water partition coefficient (Wildman–Crippen LogP) is 0.897. The van der Waals surface area contributed by atoms with Crippen LogP contribution in [0.25, 0.3) is 0 Å². The van der Waals surface area contributed by atoms with Gasteiger partial charge >= 0.3 is 12.0 Å². The number of aromatic nitrogens is 2. The number of carboxylic acid groups (broad SMARTS) is 1. The van der Waals surface area contributed by atoms with E-state index in [9.17, 15) is 14.7 Å². The summed E-state index contributed by atoms with van der Waals surface area (Å²) < 4.78 is 4.60. The number of amides is 2. The number of nitrogens with one attached hydrogen (secondary N) is 1. The molecule has 21 heavy (non-hydrogen) atoms. The van der Waals surface area contributed by atoms with Crippen LogP contribution in [0.15, 0.2) is 10.9 Å². The number of piperidine rings is 1. The number of hydrogen-bond acceptors (Lipinski definition) is 5. The number of hydrogen-bond donors (Lipinski definition) is 2. The Bertz CT molecular complexity index is 477. The third-order valence-electron chi connectivity index (χ3n) is 3.87. The van der Waals surface area contributed by atoms with Crippen LogP contribution in [-0.2, 0) is 11.2 Å². The van der Waals surface area contributed by atoms with Crippen LogP contribution in [0, 0.1) is 5.92 Å². The lowest BCUT2D eigenvalue weighted by Crippen LogP contribution is -2.53. The van der Waals surface area contributed by atoms with Gasteiger partial charge in [-0.15, -0.1) is 0 Å². The second-order valence-corrected chi connectivity index (χ2v) is 5.18. The van der Waals surface area contributed by atoms with Crippen molar-refractivity contribution in [3.63, 3.8) is 0 Å². The highest BCUT2D eigenvalue weighted by Gasteiger charge is 2.35. The lowest BCUT2D eigenvalue weighted by atomic mass is 9.89. The Morgan fingerprint density at radius 2 is 2.38 bits per heavy atom. The fourth-order valence-electron chi connectivity index (χ4n) is 2.57. The minimum Gasteiger partial charge on any atom is -0.480 e. The average Bonchev–Trinajstić information content (AvgIpc) is 2.99. The number of carbonyl (C=O) groups excluding carboxylic acids is 1. The van der Waals surface area contributed by atoms with Crippen molar-refractivity contribution in [2.24, 2.45) is 5.92 Å². The number of rotatable bonds is 5. The Kier molecular flexibility index (Phi) is 5.13. The van der Waals surface area contributed by atoms with Gasteiger partial charge in [-0.3, -0.25) is 0 Å². The summed E-state index contributed by atoms with van der Waals surface area (Å²) >= 11 is 0. The Labute approximate surface area is 122 Å². The third kappa shape index (κ3) is 3.93. The molecule has 0 bridgehead atoms. The molecule has 0 aromatic carbocycles. The van der Waals surface area contributed by atoms with Crippen molar-refractivity contribution < 1.29 is 19.2 Å². The number of urea groups is 1. The first kappa shape index (κ1) is 15.3. The molecule has 2 atom stereocenters. The van der Waals surface area contributed by atoms with E-state index in [1.54, 1.807) is 0 Å². The molecule has 2 amide bonds. The molecule has 2 N–H and O–H groups in total. The fraction of sp³-hybridized carbons (Fsp3) is 0.692. The minimum atomic E-state index is -0.943. The summed E-state index contributed by atoms with van der Waals surface area (Å²) in [4.78, 5) is 28.7. The molecule has 0 spiro atoms. The molecule has 8 heteroatoms. The van der Waals surface area contributed by atoms with Gasteiger partial charge in [0.1, 0.15) is 6.04 Å². The zero-order valence-corrected chi connectivity index (χ0v) is 12.0. The molecule has 2 heterocycles. The first-order valence-corrected chi connectivity index (χ1v) is 7.14. The maximum absolute atomic E-state index is 12.1. The van der Waals surface area contributed by atoms with Crippen LogP contribution in [0.3, 0.4) is 0 Å². The molecule has 1 aliphatic rings. The van der Waals surface area contributed by atoms with Gasteiger partial charge in [0.05, 0.1) is 0 Å². The Morgan fingerprint density at radius 3 is 3.00 bits per heavy atom. The fourth-order valence-corrected chi connectivity index (χ4v) is 2.57. The van der Waals surface area contributed by atoms with Crippen LogP contribution in [0.1, 0.15) is 32.0 Å². The molecule has 0 radical (unpaired) electrons. The van der Waals surface area contributed by atoms with Gasteiger partial charge in [-0.2, -0.15) is 4.98 Å². The maximum atomic E-state index is 12.1. The first-order chi connectivity index (χ1) is 10.1. The summed E-state index contributed by atoms with van der Waals surface area (Å²) in [7, 11) is 0. The Morgan fingerprint density at radius 1 is 1.57 bits per heavy atom. The zero-order chi connectivity index (χ0) is 15.2. The molecule has 1 aromatic rings. The van der Waals surface area contributed by atoms with Gasteiger partial charge in [-0.25, -0.2) is 9.59 Å². The van der Waals surface area contributed by atoms with Gasteiger partial charge in [-0.05, 0) is 18.8 Å². The van der Waals surface area contributed by atoms with Crippen LogP contribution in [0.2, 0.25) is 0 Å². The number of nitrogens with zero attached hydrogens (tertiary/aromatic N) is 3. The summed E-state index contributed by atoms with van der Waals surface area (Å²) in [6.07, 6.45) is 3.98. The monoisotopic (exact) mass is 296 g/mol. The highest BCUT2D eigenvalue weighted by atomic mass is 16.5. The maximum Gasteiger partial charge on any atom is 0.326 e. The topological polar surface area (TPSA) is 109 Å². The van der Waals surface area contributed by atoms with Gasteiger partial charge < -0.3 is 19.8 Å². The molecule has 116 valence electrons. The van der Waals surface area contributed by atoms with Gasteiger partial charge in [0, 0.05) is 19.5 Å². The average molecular weight is 296 g/mol. The van der Waals surface area contributed by atoms with E-state index in [4.69, 9.17) is 0 Å². The quantitative estimate of drug-likeness (QED) is 0.835. The van der Waals surface area contributed by atoms with Crippen LogP contribution >= 0.6 is 0 Å². The van der Waals surface area contributed by atoms with Crippen LogP contribution in [-0.4, -0.2) is 51.3 Å². The lowest BCUT2D eigenvalue weighted by Gasteiger charge is -2.36. The molecule has 2 unspecified atom stereocenters. The summed E-state index contributed by atoms with van der Waals surface area (Å²) in [5.41, 5.74) is 0. The summed E-state index contributed by atoms with van der Waals surface area (Å²) in [6.45, 7) is 2.87. The summed E-state index contributed by atoms with van der Waals surface area (Å²) in [5.74, 6) is -0.0641. The SMILES string of the molecule is CCC1CCN(C(=O)NCCc2ncon2)C(C(=O)O)C1. The standard InChI is InChI=1S/C13H20N4O4/c1-2-9-4-6-17(10(7-9)12(18)19)13(20)14-5-3-11-15-8-21-16-11/h8-10H,2-7H2,1H3,(H,14,20)(H,18,19). The number of likely N-dealkylation sites (tertiary alicyclic amines) is 1. The second-order valence-electron chi connectivity index (χ2n) is 5.18. The summed E-state index contributed by atoms with van der Waals surface area (Å²) in [5, 5.41) is 15.6. The van der Waals surface area contributed by atoms with Crippen LogP contribution in [0.5, 0.6) is 0 Å². The van der Waals surface area contributed by atoms with Crippen molar-refractivity contribution in [1.29, 1.82) is 0 Å². The molecular weight excluding hydrogens is 276 g/mol. The largest absolute Gasteiger partial charge is 0.480 e. The zero-order valence-electron chi connectivity index (χ0n) is 12.0. The van der Waals surface area contributed by atoms with Crippen molar-refractivity contribution in [3.8, 4) is 0 Å². The molecule has 2 rings (SSSR count). The van der Waals surface area contributed by atoms with Crippen LogP contribution in [0.4, 0.5) is 4.79 Å². The van der Waals surface area contributed by atoms with Crippen molar-refractivity contribution in [2.75, 3.05) is 13.1 Å². The van der Waals surface area contributed by atoms with E-state index >= 15 is 0 Å². The van der Waals surface area contributed by atoms with E-state index in [1.807, 2.05) is 6.92 Å². The van der Waals surface area contributed by atoms with Crippen molar-refractivity contribution in [2.45, 2.75) is 38.6 Å². The first-order valence-electron chi connectivity index (χ1n) is 7.14. The van der Waals surface area contributed by atoms with E-state index in [0.29, 0.717) is 37.7 Å². The molecule has 1 aliphatic heterocycles. The normalized spacial score (nSPS) is 22.0. The van der Waals surface area contributed by atoms with E-state index in [2.05, 4.69) is 20.0 Å². The summed E-state index contributed by atoms with van der Waals surface area (Å²) in [6, 6.07) is -1.09. The van der Waals surface area contributed by atoms with E-state index < -0.39 is 12.0 Å². The molecule has 0 saturated carbocycles. The highest BCUT2D eigenvalue weighted by Crippen LogP contribution is 2.25. The third-order valence-corrected chi connectivity index (χ3v) is 3.87. The van der Waals surface area contributed by atoms with Gasteiger partial charge in [0.2, 0.25) is 6.39 Å². The molecule has 0 aliphatic carbocycles. The van der Waals surface area contributed by atoms with E-state index in [1.165, 1.54) is 11.3 Å².